The Bertz CT molecular complexity index is 487. The Morgan fingerprint density at radius 1 is 1.45 bits per heavy atom. The molecule has 0 spiro atoms. The van der Waals surface area contributed by atoms with Crippen LogP contribution in [0.4, 0.5) is 4.39 Å². The van der Waals surface area contributed by atoms with Crippen LogP contribution in [0.3, 0.4) is 0 Å². The molecule has 0 aromatic heterocycles. The number of carbonyl (C=O) groups excluding carboxylic acids is 1. The highest BCUT2D eigenvalue weighted by Crippen LogP contribution is 2.21. The van der Waals surface area contributed by atoms with Gasteiger partial charge in [0.1, 0.15) is 5.82 Å². The second-order valence-corrected chi connectivity index (χ2v) is 6.39. The van der Waals surface area contributed by atoms with Gasteiger partial charge >= 0.3 is 0 Å². The summed E-state index contributed by atoms with van der Waals surface area (Å²) in [6.45, 7) is 2.83. The molecular formula is C15H20BrFN2O. The van der Waals surface area contributed by atoms with Gasteiger partial charge in [0.2, 0.25) is 0 Å². The van der Waals surface area contributed by atoms with E-state index in [-0.39, 0.29) is 11.5 Å². The second kappa shape index (κ2) is 6.68. The lowest BCUT2D eigenvalue weighted by atomic mass is 9.96. The first-order valence-electron chi connectivity index (χ1n) is 6.87. The molecule has 0 aliphatic carbocycles. The summed E-state index contributed by atoms with van der Waals surface area (Å²) in [5, 5.41) is 0. The highest BCUT2D eigenvalue weighted by atomic mass is 79.9. The van der Waals surface area contributed by atoms with Gasteiger partial charge in [-0.3, -0.25) is 4.79 Å². The third-order valence-corrected chi connectivity index (χ3v) is 4.51. The Kier molecular flexibility index (Phi) is 5.16. The van der Waals surface area contributed by atoms with Crippen LogP contribution in [0.2, 0.25) is 0 Å². The van der Waals surface area contributed by atoms with Crippen molar-refractivity contribution < 1.29 is 9.18 Å². The molecule has 1 aliphatic heterocycles. The third kappa shape index (κ3) is 3.58. The summed E-state index contributed by atoms with van der Waals surface area (Å²) in [5.41, 5.74) is 0.134. The highest BCUT2D eigenvalue weighted by molar-refractivity contribution is 9.10. The van der Waals surface area contributed by atoms with E-state index in [4.69, 9.17) is 0 Å². The molecule has 1 aromatic rings. The predicted octanol–water partition coefficient (Wildman–Crippen LogP) is 3.00. The standard InChI is InChI=1S/C15H20BrFN2O/c1-18-8-6-11(7-9-18)10-19(2)15(20)12-4-3-5-13(16)14(12)17/h3-5,11H,6-10H2,1-2H3. The van der Waals surface area contributed by atoms with Crippen LogP contribution in [-0.4, -0.2) is 49.4 Å². The Morgan fingerprint density at radius 3 is 2.75 bits per heavy atom. The van der Waals surface area contributed by atoms with Crippen LogP contribution in [-0.2, 0) is 0 Å². The molecule has 0 saturated carbocycles. The lowest BCUT2D eigenvalue weighted by molar-refractivity contribution is 0.0742. The minimum atomic E-state index is -0.479. The molecule has 0 bridgehead atoms. The normalized spacial score (nSPS) is 17.2. The summed E-state index contributed by atoms with van der Waals surface area (Å²) < 4.78 is 14.3. The molecule has 1 aliphatic rings. The summed E-state index contributed by atoms with van der Waals surface area (Å²) in [4.78, 5) is 16.2. The van der Waals surface area contributed by atoms with Gasteiger partial charge in [0.25, 0.3) is 5.91 Å². The highest BCUT2D eigenvalue weighted by Gasteiger charge is 2.23. The molecular weight excluding hydrogens is 323 g/mol. The number of likely N-dealkylation sites (tertiary alicyclic amines) is 1. The van der Waals surface area contributed by atoms with E-state index in [2.05, 4.69) is 27.9 Å². The minimum absolute atomic E-state index is 0.134. The third-order valence-electron chi connectivity index (χ3n) is 3.90. The van der Waals surface area contributed by atoms with Crippen LogP contribution in [0.1, 0.15) is 23.2 Å². The molecule has 5 heteroatoms. The number of rotatable bonds is 3. The second-order valence-electron chi connectivity index (χ2n) is 5.53. The average molecular weight is 343 g/mol. The van der Waals surface area contributed by atoms with Crippen molar-refractivity contribution in [3.63, 3.8) is 0 Å². The number of halogens is 2. The van der Waals surface area contributed by atoms with Gasteiger partial charge in [-0.1, -0.05) is 6.07 Å². The van der Waals surface area contributed by atoms with Crippen molar-refractivity contribution in [1.82, 2.24) is 9.80 Å². The molecule has 0 unspecified atom stereocenters. The monoisotopic (exact) mass is 342 g/mol. The van der Waals surface area contributed by atoms with Crippen molar-refractivity contribution in [3.8, 4) is 0 Å². The molecule has 20 heavy (non-hydrogen) atoms. The van der Waals surface area contributed by atoms with Gasteiger partial charge < -0.3 is 9.80 Å². The maximum atomic E-state index is 13.9. The van der Waals surface area contributed by atoms with Gasteiger partial charge in [-0.15, -0.1) is 0 Å². The summed E-state index contributed by atoms with van der Waals surface area (Å²) in [7, 11) is 3.86. The average Bonchev–Trinajstić information content (AvgIpc) is 2.43. The predicted molar refractivity (Wildman–Crippen MR) is 81.3 cm³/mol. The van der Waals surface area contributed by atoms with E-state index >= 15 is 0 Å². The van der Waals surface area contributed by atoms with Gasteiger partial charge in [-0.05, 0) is 67.0 Å². The Balaban J connectivity index is 2.00. The number of amides is 1. The molecule has 0 atom stereocenters. The fourth-order valence-electron chi connectivity index (χ4n) is 2.59. The van der Waals surface area contributed by atoms with E-state index in [0.29, 0.717) is 16.9 Å². The fraction of sp³-hybridized carbons (Fsp3) is 0.533. The van der Waals surface area contributed by atoms with E-state index in [1.807, 2.05) is 0 Å². The van der Waals surface area contributed by atoms with Gasteiger partial charge in [0.05, 0.1) is 10.0 Å². The minimum Gasteiger partial charge on any atom is -0.341 e. The molecule has 0 radical (unpaired) electrons. The Morgan fingerprint density at radius 2 is 2.10 bits per heavy atom. The van der Waals surface area contributed by atoms with Crippen LogP contribution in [0, 0.1) is 11.7 Å². The zero-order chi connectivity index (χ0) is 14.7. The molecule has 1 aromatic carbocycles. The van der Waals surface area contributed by atoms with Crippen molar-refractivity contribution in [2.45, 2.75) is 12.8 Å². The number of hydrogen-bond donors (Lipinski definition) is 0. The zero-order valence-electron chi connectivity index (χ0n) is 11.9. The first kappa shape index (κ1) is 15.4. The van der Waals surface area contributed by atoms with Crippen molar-refractivity contribution in [2.24, 2.45) is 5.92 Å². The number of nitrogens with zero attached hydrogens (tertiary/aromatic N) is 2. The molecule has 1 saturated heterocycles. The fourth-order valence-corrected chi connectivity index (χ4v) is 2.96. The Labute approximate surface area is 127 Å². The number of piperidine rings is 1. The molecule has 110 valence electrons. The lowest BCUT2D eigenvalue weighted by Crippen LogP contribution is -2.38. The van der Waals surface area contributed by atoms with E-state index in [0.717, 1.165) is 25.9 Å². The van der Waals surface area contributed by atoms with Crippen molar-refractivity contribution >= 4 is 21.8 Å². The van der Waals surface area contributed by atoms with Crippen LogP contribution >= 0.6 is 15.9 Å². The SMILES string of the molecule is CN1CCC(CN(C)C(=O)c2cccc(Br)c2F)CC1. The summed E-state index contributed by atoms with van der Waals surface area (Å²) >= 11 is 3.12. The summed E-state index contributed by atoms with van der Waals surface area (Å²) in [6, 6.07) is 4.82. The van der Waals surface area contributed by atoms with E-state index in [9.17, 15) is 9.18 Å². The smallest absolute Gasteiger partial charge is 0.256 e. The first-order chi connectivity index (χ1) is 9.49. The van der Waals surface area contributed by atoms with Gasteiger partial charge in [-0.25, -0.2) is 4.39 Å². The summed E-state index contributed by atoms with van der Waals surface area (Å²) in [5.74, 6) is -0.217. The Hall–Kier alpha value is -0.940. The van der Waals surface area contributed by atoms with Crippen LogP contribution in [0.15, 0.2) is 22.7 Å². The van der Waals surface area contributed by atoms with Crippen LogP contribution in [0.25, 0.3) is 0 Å². The van der Waals surface area contributed by atoms with E-state index < -0.39 is 5.82 Å². The quantitative estimate of drug-likeness (QED) is 0.842. The maximum Gasteiger partial charge on any atom is 0.256 e. The van der Waals surface area contributed by atoms with Gasteiger partial charge in [-0.2, -0.15) is 0 Å². The first-order valence-corrected chi connectivity index (χ1v) is 7.66. The number of benzene rings is 1. The van der Waals surface area contributed by atoms with Crippen molar-refractivity contribution in [2.75, 3.05) is 33.7 Å². The molecule has 1 heterocycles. The molecule has 1 amide bonds. The lowest BCUT2D eigenvalue weighted by Gasteiger charge is -2.31. The van der Waals surface area contributed by atoms with Crippen molar-refractivity contribution in [3.05, 3.63) is 34.1 Å². The molecule has 2 rings (SSSR count). The van der Waals surface area contributed by atoms with E-state index in [1.54, 1.807) is 24.1 Å². The topological polar surface area (TPSA) is 23.6 Å². The zero-order valence-corrected chi connectivity index (χ0v) is 13.5. The van der Waals surface area contributed by atoms with E-state index in [1.165, 1.54) is 6.07 Å². The van der Waals surface area contributed by atoms with Gasteiger partial charge in [0, 0.05) is 13.6 Å². The largest absolute Gasteiger partial charge is 0.341 e. The number of hydrogen-bond acceptors (Lipinski definition) is 2. The van der Waals surface area contributed by atoms with Crippen LogP contribution in [0.5, 0.6) is 0 Å². The van der Waals surface area contributed by atoms with Gasteiger partial charge in [0.15, 0.2) is 0 Å². The summed E-state index contributed by atoms with van der Waals surface area (Å²) in [6.07, 6.45) is 2.18. The van der Waals surface area contributed by atoms with Crippen LogP contribution < -0.4 is 0 Å². The van der Waals surface area contributed by atoms with Crippen molar-refractivity contribution in [1.29, 1.82) is 0 Å². The molecule has 0 N–H and O–H groups in total. The maximum absolute atomic E-state index is 13.9. The number of carbonyl (C=O) groups is 1. The molecule has 3 nitrogen and oxygen atoms in total. The molecule has 1 fully saturated rings.